The van der Waals surface area contributed by atoms with Crippen molar-refractivity contribution in [2.45, 2.75) is 12.8 Å². The van der Waals surface area contributed by atoms with E-state index in [-0.39, 0.29) is 0 Å². The van der Waals surface area contributed by atoms with Crippen molar-refractivity contribution in [3.05, 3.63) is 72.1 Å². The predicted octanol–water partition coefficient (Wildman–Crippen LogP) is 3.51. The number of benzene rings is 2. The van der Waals surface area contributed by atoms with Crippen molar-refractivity contribution >= 4 is 22.5 Å². The molecule has 0 unspecified atom stereocenters. The number of hydrogen-bond acceptors (Lipinski definition) is 2. The van der Waals surface area contributed by atoms with E-state index in [0.717, 1.165) is 29.3 Å². The van der Waals surface area contributed by atoms with E-state index in [4.69, 9.17) is 5.73 Å². The van der Waals surface area contributed by atoms with Gasteiger partial charge in [0.05, 0.1) is 5.69 Å². The molecule has 3 aromatic rings. The summed E-state index contributed by atoms with van der Waals surface area (Å²) < 4.78 is 0. The van der Waals surface area contributed by atoms with Gasteiger partial charge in [0.15, 0.2) is 0 Å². The molecule has 110 valence electrons. The Bertz CT molecular complexity index is 800. The van der Waals surface area contributed by atoms with E-state index >= 15 is 0 Å². The third-order valence-corrected chi connectivity index (χ3v) is 3.70. The highest BCUT2D eigenvalue weighted by Gasteiger charge is 2.07. The molecule has 0 atom stereocenters. The first-order chi connectivity index (χ1) is 10.7. The summed E-state index contributed by atoms with van der Waals surface area (Å²) in [7, 11) is 0. The Morgan fingerprint density at radius 1 is 0.955 bits per heavy atom. The fourth-order valence-corrected chi connectivity index (χ4v) is 2.65. The molecule has 3 N–H and O–H groups in total. The Balaban J connectivity index is 1.92. The maximum atomic E-state index is 11.1. The van der Waals surface area contributed by atoms with Gasteiger partial charge in [-0.05, 0) is 47.6 Å². The number of nitrogens with zero attached hydrogens (tertiary/aromatic N) is 1. The van der Waals surface area contributed by atoms with Crippen molar-refractivity contribution in [1.29, 1.82) is 0 Å². The number of primary amides is 1. The van der Waals surface area contributed by atoms with Crippen LogP contribution >= 0.6 is 0 Å². The molecule has 2 amide bonds. The largest absolute Gasteiger partial charge is 0.351 e. The van der Waals surface area contributed by atoms with Gasteiger partial charge in [-0.2, -0.15) is 0 Å². The molecule has 1 aromatic heterocycles. The van der Waals surface area contributed by atoms with Crippen LogP contribution in [0.3, 0.4) is 0 Å². The van der Waals surface area contributed by atoms with Crippen molar-refractivity contribution in [2.24, 2.45) is 5.73 Å². The van der Waals surface area contributed by atoms with Crippen molar-refractivity contribution in [3.8, 4) is 0 Å². The molecule has 0 aliphatic rings. The van der Waals surface area contributed by atoms with Crippen LogP contribution in [0.4, 0.5) is 10.5 Å². The summed E-state index contributed by atoms with van der Waals surface area (Å²) in [5.41, 5.74) is 8.49. The lowest BCUT2D eigenvalue weighted by Crippen LogP contribution is -2.19. The monoisotopic (exact) mass is 291 g/mol. The molecule has 22 heavy (non-hydrogen) atoms. The van der Waals surface area contributed by atoms with Crippen molar-refractivity contribution in [3.63, 3.8) is 0 Å². The first-order valence-corrected chi connectivity index (χ1v) is 7.20. The SMILES string of the molecule is NC(=O)Nc1ccc(CCc2ccncc2)c2ccccc12. The number of amides is 2. The van der Waals surface area contributed by atoms with Gasteiger partial charge in [-0.15, -0.1) is 0 Å². The molecule has 1 heterocycles. The van der Waals surface area contributed by atoms with Crippen molar-refractivity contribution < 1.29 is 4.79 Å². The summed E-state index contributed by atoms with van der Waals surface area (Å²) in [6, 6.07) is 15.5. The molecule has 0 radical (unpaired) electrons. The highest BCUT2D eigenvalue weighted by atomic mass is 16.2. The molecular weight excluding hydrogens is 274 g/mol. The fraction of sp³-hybridized carbons (Fsp3) is 0.111. The van der Waals surface area contributed by atoms with E-state index in [1.807, 2.05) is 48.8 Å². The molecule has 0 saturated carbocycles. The van der Waals surface area contributed by atoms with Crippen LogP contribution in [0.1, 0.15) is 11.1 Å². The number of fused-ring (bicyclic) bond motifs is 1. The normalized spacial score (nSPS) is 10.5. The molecule has 0 bridgehead atoms. The van der Waals surface area contributed by atoms with Gasteiger partial charge >= 0.3 is 6.03 Å². The molecule has 0 saturated heterocycles. The van der Waals surface area contributed by atoms with Gasteiger partial charge in [0.1, 0.15) is 0 Å². The van der Waals surface area contributed by atoms with E-state index in [1.54, 1.807) is 0 Å². The van der Waals surface area contributed by atoms with E-state index in [0.29, 0.717) is 0 Å². The van der Waals surface area contributed by atoms with Gasteiger partial charge in [0.25, 0.3) is 0 Å². The number of aromatic nitrogens is 1. The van der Waals surface area contributed by atoms with Gasteiger partial charge in [-0.1, -0.05) is 30.3 Å². The Kier molecular flexibility index (Phi) is 4.01. The molecular formula is C18H17N3O. The second kappa shape index (κ2) is 6.26. The lowest BCUT2D eigenvalue weighted by molar-refractivity contribution is 0.259. The number of carbonyl (C=O) groups is 1. The summed E-state index contributed by atoms with van der Waals surface area (Å²) in [6.45, 7) is 0. The number of anilines is 1. The summed E-state index contributed by atoms with van der Waals surface area (Å²) in [4.78, 5) is 15.2. The number of nitrogens with one attached hydrogen (secondary N) is 1. The van der Waals surface area contributed by atoms with Gasteiger partial charge in [0, 0.05) is 17.8 Å². The number of rotatable bonds is 4. The Morgan fingerprint density at radius 2 is 1.68 bits per heavy atom. The molecule has 0 spiro atoms. The predicted molar refractivity (Wildman–Crippen MR) is 88.8 cm³/mol. The van der Waals surface area contributed by atoms with Crippen LogP contribution in [0.5, 0.6) is 0 Å². The van der Waals surface area contributed by atoms with Crippen LogP contribution in [-0.2, 0) is 12.8 Å². The van der Waals surface area contributed by atoms with Gasteiger partial charge in [-0.3, -0.25) is 4.98 Å². The quantitative estimate of drug-likeness (QED) is 0.772. The number of hydrogen-bond donors (Lipinski definition) is 2. The second-order valence-corrected chi connectivity index (χ2v) is 5.16. The van der Waals surface area contributed by atoms with Crippen LogP contribution in [-0.4, -0.2) is 11.0 Å². The smallest absolute Gasteiger partial charge is 0.316 e. The Hall–Kier alpha value is -2.88. The molecule has 2 aromatic carbocycles. The summed E-state index contributed by atoms with van der Waals surface area (Å²) in [6.07, 6.45) is 5.51. The van der Waals surface area contributed by atoms with Crippen molar-refractivity contribution in [1.82, 2.24) is 4.98 Å². The number of nitrogens with two attached hydrogens (primary N) is 1. The van der Waals surface area contributed by atoms with E-state index < -0.39 is 6.03 Å². The van der Waals surface area contributed by atoms with Crippen LogP contribution in [0, 0.1) is 0 Å². The number of aryl methyl sites for hydroxylation is 2. The van der Waals surface area contributed by atoms with Gasteiger partial charge in [0.2, 0.25) is 0 Å². The van der Waals surface area contributed by atoms with Crippen LogP contribution in [0.2, 0.25) is 0 Å². The minimum Gasteiger partial charge on any atom is -0.351 e. The minimum atomic E-state index is -0.547. The molecule has 4 heteroatoms. The zero-order chi connectivity index (χ0) is 15.4. The zero-order valence-corrected chi connectivity index (χ0v) is 12.1. The fourth-order valence-electron chi connectivity index (χ4n) is 2.65. The maximum absolute atomic E-state index is 11.1. The van der Waals surface area contributed by atoms with Crippen LogP contribution in [0.25, 0.3) is 10.8 Å². The summed E-state index contributed by atoms with van der Waals surface area (Å²) in [5.74, 6) is 0. The maximum Gasteiger partial charge on any atom is 0.316 e. The first-order valence-electron chi connectivity index (χ1n) is 7.20. The second-order valence-electron chi connectivity index (χ2n) is 5.16. The lowest BCUT2D eigenvalue weighted by atomic mass is 9.98. The van der Waals surface area contributed by atoms with E-state index in [1.165, 1.54) is 11.1 Å². The third-order valence-electron chi connectivity index (χ3n) is 3.70. The molecule has 0 fully saturated rings. The summed E-state index contributed by atoms with van der Waals surface area (Å²) in [5, 5.41) is 4.83. The van der Waals surface area contributed by atoms with Crippen molar-refractivity contribution in [2.75, 3.05) is 5.32 Å². The topological polar surface area (TPSA) is 68.0 Å². The van der Waals surface area contributed by atoms with Gasteiger partial charge < -0.3 is 11.1 Å². The third kappa shape index (κ3) is 3.06. The highest BCUT2D eigenvalue weighted by molar-refractivity contribution is 6.02. The Morgan fingerprint density at radius 3 is 2.41 bits per heavy atom. The number of carbonyl (C=O) groups excluding carboxylic acids is 1. The molecule has 4 nitrogen and oxygen atoms in total. The Labute approximate surface area is 129 Å². The number of urea groups is 1. The summed E-state index contributed by atoms with van der Waals surface area (Å²) >= 11 is 0. The number of pyridine rings is 1. The standard InChI is InChI=1S/C18H17N3O/c19-18(22)21-17-8-7-14(15-3-1-2-4-16(15)17)6-5-13-9-11-20-12-10-13/h1-4,7-12H,5-6H2,(H3,19,21,22). The molecule has 3 rings (SSSR count). The van der Waals surface area contributed by atoms with Crippen LogP contribution < -0.4 is 11.1 Å². The highest BCUT2D eigenvalue weighted by Crippen LogP contribution is 2.27. The van der Waals surface area contributed by atoms with E-state index in [2.05, 4.69) is 22.4 Å². The molecule has 0 aliphatic heterocycles. The van der Waals surface area contributed by atoms with E-state index in [9.17, 15) is 4.79 Å². The minimum absolute atomic E-state index is 0.547. The lowest BCUT2D eigenvalue weighted by Gasteiger charge is -2.11. The first kappa shape index (κ1) is 14.1. The average molecular weight is 291 g/mol. The average Bonchev–Trinajstić information content (AvgIpc) is 2.55. The van der Waals surface area contributed by atoms with Gasteiger partial charge in [-0.25, -0.2) is 4.79 Å². The zero-order valence-electron chi connectivity index (χ0n) is 12.1. The van der Waals surface area contributed by atoms with Crippen LogP contribution in [0.15, 0.2) is 60.9 Å². The molecule has 0 aliphatic carbocycles.